The first-order chi connectivity index (χ1) is 9.47. The summed E-state index contributed by atoms with van der Waals surface area (Å²) in [5, 5.41) is 0.704. The van der Waals surface area contributed by atoms with Crippen LogP contribution in [-0.4, -0.2) is 6.10 Å². The Balaban J connectivity index is 2.00. The summed E-state index contributed by atoms with van der Waals surface area (Å²) >= 11 is 6.21. The van der Waals surface area contributed by atoms with Crippen molar-refractivity contribution in [1.29, 1.82) is 0 Å². The molecule has 1 aromatic carbocycles. The molecule has 1 fully saturated rings. The van der Waals surface area contributed by atoms with Gasteiger partial charge < -0.3 is 10.5 Å². The quantitative estimate of drug-likeness (QED) is 0.802. The maximum atomic E-state index is 6.21. The number of hydrogen-bond donors (Lipinski definition) is 1. The van der Waals surface area contributed by atoms with Gasteiger partial charge in [-0.3, -0.25) is 0 Å². The van der Waals surface area contributed by atoms with Crippen LogP contribution in [0.15, 0.2) is 18.2 Å². The predicted molar refractivity (Wildman–Crippen MR) is 85.8 cm³/mol. The second kappa shape index (κ2) is 6.82. The maximum Gasteiger partial charge on any atom is 0.0735 e. The lowest BCUT2D eigenvalue weighted by molar-refractivity contribution is -0.0472. The summed E-state index contributed by atoms with van der Waals surface area (Å²) in [5.74, 6) is 2.10. The molecule has 112 valence electrons. The van der Waals surface area contributed by atoms with E-state index in [1.165, 1.54) is 12.8 Å². The van der Waals surface area contributed by atoms with Crippen molar-refractivity contribution in [1.82, 2.24) is 0 Å². The minimum Gasteiger partial charge on any atom is -0.399 e. The Hall–Kier alpha value is -0.730. The Labute approximate surface area is 127 Å². The Morgan fingerprint density at radius 3 is 2.75 bits per heavy atom. The number of benzene rings is 1. The molecule has 0 saturated heterocycles. The number of anilines is 1. The molecule has 2 N–H and O–H groups in total. The highest BCUT2D eigenvalue weighted by Crippen LogP contribution is 2.36. The van der Waals surface area contributed by atoms with Crippen LogP contribution in [-0.2, 0) is 11.3 Å². The normalized spacial score (nSPS) is 26.9. The third-order valence-corrected chi connectivity index (χ3v) is 4.84. The highest BCUT2D eigenvalue weighted by molar-refractivity contribution is 6.31. The van der Waals surface area contributed by atoms with Crippen LogP contribution in [0.4, 0.5) is 5.69 Å². The fourth-order valence-corrected chi connectivity index (χ4v) is 3.43. The van der Waals surface area contributed by atoms with Crippen LogP contribution in [0.5, 0.6) is 0 Å². The number of nitrogen functional groups attached to an aromatic ring is 1. The van der Waals surface area contributed by atoms with Gasteiger partial charge in [-0.2, -0.15) is 0 Å². The molecular weight excluding hydrogens is 270 g/mol. The number of halogens is 1. The van der Waals surface area contributed by atoms with Crippen molar-refractivity contribution in [3.63, 3.8) is 0 Å². The molecule has 0 amide bonds. The molecule has 3 unspecified atom stereocenters. The molecule has 2 nitrogen and oxygen atoms in total. The molecule has 1 aromatic rings. The molecule has 0 aromatic heterocycles. The Kier molecular flexibility index (Phi) is 5.34. The molecule has 1 aliphatic carbocycles. The van der Waals surface area contributed by atoms with Gasteiger partial charge in [-0.1, -0.05) is 44.9 Å². The molecule has 1 saturated carbocycles. The zero-order valence-corrected chi connectivity index (χ0v) is 13.5. The minimum atomic E-state index is 0.354. The van der Waals surface area contributed by atoms with Crippen LogP contribution in [0.25, 0.3) is 0 Å². The fourth-order valence-electron chi connectivity index (χ4n) is 3.18. The van der Waals surface area contributed by atoms with Crippen molar-refractivity contribution in [3.05, 3.63) is 28.8 Å². The number of ether oxygens (including phenoxy) is 1. The van der Waals surface area contributed by atoms with Gasteiger partial charge in [-0.05, 0) is 48.3 Å². The second-order valence-electron chi connectivity index (χ2n) is 6.53. The lowest BCUT2D eigenvalue weighted by atomic mass is 9.75. The largest absolute Gasteiger partial charge is 0.399 e. The van der Waals surface area contributed by atoms with Gasteiger partial charge >= 0.3 is 0 Å². The lowest BCUT2D eigenvalue weighted by Crippen LogP contribution is -2.34. The van der Waals surface area contributed by atoms with E-state index in [4.69, 9.17) is 22.1 Å². The number of rotatable bonds is 4. The third-order valence-electron chi connectivity index (χ3n) is 4.49. The SMILES string of the molecule is CC1CCC(C(C)C)C(OCc2ccc(N)cc2Cl)C1. The fraction of sp³-hybridized carbons (Fsp3) is 0.647. The summed E-state index contributed by atoms with van der Waals surface area (Å²) in [6.45, 7) is 7.50. The molecule has 0 bridgehead atoms. The summed E-state index contributed by atoms with van der Waals surface area (Å²) < 4.78 is 6.21. The summed E-state index contributed by atoms with van der Waals surface area (Å²) in [6, 6.07) is 5.64. The predicted octanol–water partition coefficient (Wildman–Crippen LogP) is 4.90. The second-order valence-corrected chi connectivity index (χ2v) is 6.93. The van der Waals surface area contributed by atoms with Crippen LogP contribution in [0.1, 0.15) is 45.6 Å². The molecule has 0 radical (unpaired) electrons. The summed E-state index contributed by atoms with van der Waals surface area (Å²) in [5.41, 5.74) is 7.45. The standard InChI is InChI=1S/C17H26ClNO/c1-11(2)15-7-4-12(3)8-17(15)20-10-13-5-6-14(19)9-16(13)18/h5-6,9,11-12,15,17H,4,7-8,10,19H2,1-3H3. The average molecular weight is 296 g/mol. The van der Waals surface area contributed by atoms with Crippen LogP contribution >= 0.6 is 11.6 Å². The molecule has 20 heavy (non-hydrogen) atoms. The van der Waals surface area contributed by atoms with E-state index in [1.807, 2.05) is 12.1 Å². The Morgan fingerprint density at radius 1 is 1.35 bits per heavy atom. The smallest absolute Gasteiger partial charge is 0.0735 e. The maximum absolute atomic E-state index is 6.21. The molecule has 2 rings (SSSR count). The van der Waals surface area contributed by atoms with Crippen molar-refractivity contribution in [2.75, 3.05) is 5.73 Å². The zero-order chi connectivity index (χ0) is 14.7. The van der Waals surface area contributed by atoms with E-state index in [2.05, 4.69) is 20.8 Å². The van der Waals surface area contributed by atoms with Crippen molar-refractivity contribution >= 4 is 17.3 Å². The first-order valence-corrected chi connectivity index (χ1v) is 8.00. The van der Waals surface area contributed by atoms with E-state index >= 15 is 0 Å². The first-order valence-electron chi connectivity index (χ1n) is 7.63. The Bertz CT molecular complexity index is 447. The molecule has 0 aliphatic heterocycles. The highest BCUT2D eigenvalue weighted by Gasteiger charge is 2.31. The van der Waals surface area contributed by atoms with E-state index in [0.29, 0.717) is 35.3 Å². The molecule has 1 aliphatic rings. The van der Waals surface area contributed by atoms with Gasteiger partial charge in [0.25, 0.3) is 0 Å². The van der Waals surface area contributed by atoms with Crippen molar-refractivity contribution in [3.8, 4) is 0 Å². The monoisotopic (exact) mass is 295 g/mol. The first kappa shape index (κ1) is 15.7. The van der Waals surface area contributed by atoms with Gasteiger partial charge in [0.05, 0.1) is 12.7 Å². The molecule has 0 spiro atoms. The van der Waals surface area contributed by atoms with E-state index in [-0.39, 0.29) is 0 Å². The van der Waals surface area contributed by atoms with Crippen LogP contribution < -0.4 is 5.73 Å². The number of nitrogens with two attached hydrogens (primary N) is 1. The van der Waals surface area contributed by atoms with Crippen LogP contribution in [0.2, 0.25) is 5.02 Å². The molecule has 3 atom stereocenters. The molecule has 3 heteroatoms. The van der Waals surface area contributed by atoms with E-state index in [9.17, 15) is 0 Å². The number of hydrogen-bond acceptors (Lipinski definition) is 2. The van der Waals surface area contributed by atoms with E-state index < -0.39 is 0 Å². The minimum absolute atomic E-state index is 0.354. The summed E-state index contributed by atoms with van der Waals surface area (Å²) in [4.78, 5) is 0. The van der Waals surface area contributed by atoms with Gasteiger partial charge in [0.2, 0.25) is 0 Å². The van der Waals surface area contributed by atoms with Crippen molar-refractivity contribution in [2.24, 2.45) is 17.8 Å². The summed E-state index contributed by atoms with van der Waals surface area (Å²) in [7, 11) is 0. The molecule has 0 heterocycles. The zero-order valence-electron chi connectivity index (χ0n) is 12.7. The lowest BCUT2D eigenvalue weighted by Gasteiger charge is -2.37. The van der Waals surface area contributed by atoms with Crippen molar-refractivity contribution < 1.29 is 4.74 Å². The van der Waals surface area contributed by atoms with Gasteiger partial charge in [-0.15, -0.1) is 0 Å². The topological polar surface area (TPSA) is 35.2 Å². The van der Waals surface area contributed by atoms with Gasteiger partial charge in [-0.25, -0.2) is 0 Å². The van der Waals surface area contributed by atoms with E-state index in [0.717, 1.165) is 17.9 Å². The average Bonchev–Trinajstić information content (AvgIpc) is 2.37. The van der Waals surface area contributed by atoms with Crippen LogP contribution in [0, 0.1) is 17.8 Å². The van der Waals surface area contributed by atoms with Gasteiger partial charge in [0, 0.05) is 10.7 Å². The third kappa shape index (κ3) is 3.89. The van der Waals surface area contributed by atoms with E-state index in [1.54, 1.807) is 6.07 Å². The molecular formula is C17H26ClNO. The van der Waals surface area contributed by atoms with Gasteiger partial charge in [0.15, 0.2) is 0 Å². The van der Waals surface area contributed by atoms with Crippen molar-refractivity contribution in [2.45, 2.75) is 52.7 Å². The van der Waals surface area contributed by atoms with Crippen LogP contribution in [0.3, 0.4) is 0 Å². The highest BCUT2D eigenvalue weighted by atomic mass is 35.5. The summed E-state index contributed by atoms with van der Waals surface area (Å²) in [6.07, 6.45) is 4.12. The Morgan fingerprint density at radius 2 is 2.10 bits per heavy atom. The van der Waals surface area contributed by atoms with Gasteiger partial charge in [0.1, 0.15) is 0 Å².